The Labute approximate surface area is 165 Å². The van der Waals surface area contributed by atoms with Crippen molar-refractivity contribution < 1.29 is 8.42 Å². The third kappa shape index (κ3) is 4.38. The number of hydrogen-bond donors (Lipinski definition) is 1. The van der Waals surface area contributed by atoms with Crippen molar-refractivity contribution in [2.45, 2.75) is 24.3 Å². The highest BCUT2D eigenvalue weighted by Crippen LogP contribution is 2.22. The summed E-state index contributed by atoms with van der Waals surface area (Å²) < 4.78 is 28.6. The maximum Gasteiger partial charge on any atom is 0.242 e. The third-order valence-electron chi connectivity index (χ3n) is 5.21. The van der Waals surface area contributed by atoms with Gasteiger partial charge in [-0.3, -0.25) is 14.9 Å². The lowest BCUT2D eigenvalue weighted by molar-refractivity contribution is 0.169. The summed E-state index contributed by atoms with van der Waals surface area (Å²) >= 11 is 0. The Hall–Kier alpha value is -2.35. The summed E-state index contributed by atoms with van der Waals surface area (Å²) in [5, 5.41) is 0.826. The van der Waals surface area contributed by atoms with Crippen LogP contribution >= 0.6 is 0 Å². The first kappa shape index (κ1) is 19.0. The number of nitrogens with one attached hydrogen (secondary N) is 1. The van der Waals surface area contributed by atoms with Crippen LogP contribution in [0, 0.1) is 5.92 Å². The number of likely N-dealkylation sites (tertiary alicyclic amines) is 1. The minimum Gasteiger partial charge on any atom is -0.299 e. The molecule has 1 unspecified atom stereocenters. The molecule has 3 aromatic rings. The van der Waals surface area contributed by atoms with Gasteiger partial charge in [-0.15, -0.1) is 0 Å². The molecule has 0 spiro atoms. The zero-order valence-electron chi connectivity index (χ0n) is 15.7. The molecule has 1 aromatic carbocycles. The van der Waals surface area contributed by atoms with Crippen LogP contribution in [-0.4, -0.2) is 42.9 Å². The van der Waals surface area contributed by atoms with E-state index in [0.717, 1.165) is 37.9 Å². The second-order valence-corrected chi connectivity index (χ2v) is 9.02. The number of fused-ring (bicyclic) bond motifs is 1. The second-order valence-electron chi connectivity index (χ2n) is 7.28. The van der Waals surface area contributed by atoms with Gasteiger partial charge in [0.1, 0.15) is 4.90 Å². The van der Waals surface area contributed by atoms with E-state index in [-0.39, 0.29) is 4.90 Å². The van der Waals surface area contributed by atoms with Gasteiger partial charge in [0, 0.05) is 43.6 Å². The Kier molecular flexibility index (Phi) is 5.66. The van der Waals surface area contributed by atoms with Crippen LogP contribution in [0.15, 0.2) is 66.0 Å². The number of sulfonamides is 1. The summed E-state index contributed by atoms with van der Waals surface area (Å²) in [6, 6.07) is 13.0. The number of hydrogen-bond acceptors (Lipinski definition) is 5. The molecule has 7 heteroatoms. The van der Waals surface area contributed by atoms with Crippen LogP contribution in [-0.2, 0) is 16.6 Å². The van der Waals surface area contributed by atoms with Crippen molar-refractivity contribution >= 4 is 20.9 Å². The molecule has 1 aliphatic heterocycles. The highest BCUT2D eigenvalue weighted by Gasteiger charge is 2.23. The highest BCUT2D eigenvalue weighted by molar-refractivity contribution is 7.89. The molecule has 1 aliphatic rings. The average Bonchev–Trinajstić information content (AvgIpc) is 2.73. The largest absolute Gasteiger partial charge is 0.299 e. The van der Waals surface area contributed by atoms with Crippen LogP contribution in [0.4, 0.5) is 0 Å². The lowest BCUT2D eigenvalue weighted by atomic mass is 9.98. The fraction of sp³-hybridized carbons (Fsp3) is 0.333. The number of pyridine rings is 2. The Morgan fingerprint density at radius 2 is 1.89 bits per heavy atom. The summed E-state index contributed by atoms with van der Waals surface area (Å²) in [6.45, 7) is 3.24. The predicted molar refractivity (Wildman–Crippen MR) is 109 cm³/mol. The van der Waals surface area contributed by atoms with Gasteiger partial charge in [-0.2, -0.15) is 0 Å². The van der Waals surface area contributed by atoms with E-state index >= 15 is 0 Å². The number of piperidine rings is 1. The summed E-state index contributed by atoms with van der Waals surface area (Å²) in [7, 11) is -3.60. The topological polar surface area (TPSA) is 75.2 Å². The van der Waals surface area contributed by atoms with Gasteiger partial charge < -0.3 is 0 Å². The molecule has 0 saturated carbocycles. The first-order chi connectivity index (χ1) is 13.6. The molecule has 3 heterocycles. The van der Waals surface area contributed by atoms with Crippen molar-refractivity contribution in [2.24, 2.45) is 5.92 Å². The Bertz CT molecular complexity index is 1040. The molecule has 0 bridgehead atoms. The molecule has 2 aromatic heterocycles. The number of aromatic nitrogens is 2. The van der Waals surface area contributed by atoms with Crippen molar-refractivity contribution in [2.75, 3.05) is 19.6 Å². The van der Waals surface area contributed by atoms with E-state index < -0.39 is 10.0 Å². The van der Waals surface area contributed by atoms with E-state index in [9.17, 15) is 8.42 Å². The maximum atomic E-state index is 12.9. The maximum absolute atomic E-state index is 12.9. The fourth-order valence-corrected chi connectivity index (χ4v) is 5.10. The number of para-hydroxylation sites is 1. The highest BCUT2D eigenvalue weighted by atomic mass is 32.2. The van der Waals surface area contributed by atoms with E-state index in [2.05, 4.69) is 19.6 Å². The quantitative estimate of drug-likeness (QED) is 0.693. The Morgan fingerprint density at radius 3 is 2.75 bits per heavy atom. The van der Waals surface area contributed by atoms with Gasteiger partial charge in [-0.05, 0) is 55.1 Å². The average molecular weight is 397 g/mol. The van der Waals surface area contributed by atoms with E-state index in [1.165, 1.54) is 5.56 Å². The molecular weight excluding hydrogens is 372 g/mol. The van der Waals surface area contributed by atoms with Crippen molar-refractivity contribution in [3.8, 4) is 0 Å². The van der Waals surface area contributed by atoms with Gasteiger partial charge in [-0.1, -0.05) is 18.2 Å². The van der Waals surface area contributed by atoms with Crippen molar-refractivity contribution in [3.05, 3.63) is 66.6 Å². The third-order valence-corrected chi connectivity index (χ3v) is 6.66. The van der Waals surface area contributed by atoms with Crippen LogP contribution in [0.2, 0.25) is 0 Å². The molecular formula is C21H24N4O2S. The van der Waals surface area contributed by atoms with E-state index in [1.54, 1.807) is 18.3 Å². The Balaban J connectivity index is 1.41. The van der Waals surface area contributed by atoms with Crippen LogP contribution in [0.5, 0.6) is 0 Å². The lowest BCUT2D eigenvalue weighted by Gasteiger charge is -2.32. The zero-order chi connectivity index (χ0) is 19.4. The van der Waals surface area contributed by atoms with Gasteiger partial charge in [0.2, 0.25) is 10.0 Å². The summed E-state index contributed by atoms with van der Waals surface area (Å²) in [4.78, 5) is 11.0. The van der Waals surface area contributed by atoms with Gasteiger partial charge in [-0.25, -0.2) is 13.1 Å². The normalized spacial score (nSPS) is 18.4. The van der Waals surface area contributed by atoms with E-state index in [4.69, 9.17) is 0 Å². The van der Waals surface area contributed by atoms with Crippen LogP contribution < -0.4 is 4.72 Å². The van der Waals surface area contributed by atoms with Gasteiger partial charge in [0.05, 0.1) is 5.52 Å². The Morgan fingerprint density at radius 1 is 1.07 bits per heavy atom. The molecule has 1 N–H and O–H groups in total. The number of benzene rings is 1. The van der Waals surface area contributed by atoms with Crippen LogP contribution in [0.3, 0.4) is 0 Å². The first-order valence-electron chi connectivity index (χ1n) is 9.56. The molecule has 4 rings (SSSR count). The van der Waals surface area contributed by atoms with Gasteiger partial charge >= 0.3 is 0 Å². The molecule has 1 atom stereocenters. The molecule has 0 amide bonds. The minimum atomic E-state index is -3.60. The molecule has 28 heavy (non-hydrogen) atoms. The van der Waals surface area contributed by atoms with Gasteiger partial charge in [0.25, 0.3) is 0 Å². The molecule has 146 valence electrons. The summed E-state index contributed by atoms with van der Waals surface area (Å²) in [6.07, 6.45) is 7.35. The summed E-state index contributed by atoms with van der Waals surface area (Å²) in [5.41, 5.74) is 1.75. The summed E-state index contributed by atoms with van der Waals surface area (Å²) in [5.74, 6) is 0.299. The molecule has 1 fully saturated rings. The molecule has 0 radical (unpaired) electrons. The van der Waals surface area contributed by atoms with Crippen molar-refractivity contribution in [1.82, 2.24) is 19.6 Å². The smallest absolute Gasteiger partial charge is 0.242 e. The van der Waals surface area contributed by atoms with Crippen molar-refractivity contribution in [1.29, 1.82) is 0 Å². The molecule has 0 aliphatic carbocycles. The van der Waals surface area contributed by atoms with Crippen molar-refractivity contribution in [3.63, 3.8) is 0 Å². The fourth-order valence-electron chi connectivity index (χ4n) is 3.81. The monoisotopic (exact) mass is 396 g/mol. The number of rotatable bonds is 6. The van der Waals surface area contributed by atoms with E-state index in [0.29, 0.717) is 18.0 Å². The van der Waals surface area contributed by atoms with Crippen LogP contribution in [0.25, 0.3) is 10.9 Å². The second kappa shape index (κ2) is 8.34. The zero-order valence-corrected chi connectivity index (χ0v) is 16.5. The number of nitrogens with zero attached hydrogens (tertiary/aromatic N) is 3. The molecule has 6 nitrogen and oxygen atoms in total. The predicted octanol–water partition coefficient (Wildman–Crippen LogP) is 2.82. The first-order valence-corrected chi connectivity index (χ1v) is 11.0. The lowest BCUT2D eigenvalue weighted by Crippen LogP contribution is -2.40. The standard InChI is InChI=1S/C21H24N4O2S/c26-28(27,20-7-1-5-19-6-2-10-23-21(19)20)24-14-18-4-3-13-25(16-18)15-17-8-11-22-12-9-17/h1-2,5-12,18,24H,3-4,13-16H2. The SMILES string of the molecule is O=S(=O)(NCC1CCCN(Cc2ccncc2)C1)c1cccc2cccnc12. The van der Waals surface area contributed by atoms with Crippen LogP contribution in [0.1, 0.15) is 18.4 Å². The van der Waals surface area contributed by atoms with Gasteiger partial charge in [0.15, 0.2) is 0 Å². The van der Waals surface area contributed by atoms with E-state index in [1.807, 2.05) is 42.7 Å². The molecule has 1 saturated heterocycles. The minimum absolute atomic E-state index is 0.245.